The number of H-pyrrole nitrogens is 1. The lowest BCUT2D eigenvalue weighted by Gasteiger charge is -2.06. The highest BCUT2D eigenvalue weighted by Gasteiger charge is 2.12. The summed E-state index contributed by atoms with van der Waals surface area (Å²) in [7, 11) is -3.19. The Kier molecular flexibility index (Phi) is 3.74. The number of hydrogen-bond donors (Lipinski definition) is 2. The first-order valence-electron chi connectivity index (χ1n) is 7.20. The van der Waals surface area contributed by atoms with Crippen molar-refractivity contribution >= 4 is 15.5 Å². The van der Waals surface area contributed by atoms with Gasteiger partial charge in [0.25, 0.3) is 0 Å². The third-order valence-corrected chi connectivity index (χ3v) is 4.87. The van der Waals surface area contributed by atoms with Gasteiger partial charge in [-0.05, 0) is 48.4 Å². The number of hydrogen-bond acceptors (Lipinski definition) is 3. The van der Waals surface area contributed by atoms with Gasteiger partial charge in [-0.3, -0.25) is 0 Å². The van der Waals surface area contributed by atoms with Crippen molar-refractivity contribution < 1.29 is 8.42 Å². The van der Waals surface area contributed by atoms with Crippen LogP contribution in [-0.4, -0.2) is 19.7 Å². The minimum atomic E-state index is -3.19. The standard InChI is InChI=1S/C18H18N2O2S/c1-12-11-17(13-3-7-15(19)8-4-13)18(20-12)14-5-9-16(10-6-14)23(2,21)22/h3-11,20H,19H2,1-2H3. The van der Waals surface area contributed by atoms with Crippen LogP contribution >= 0.6 is 0 Å². The quantitative estimate of drug-likeness (QED) is 0.721. The number of nitrogen functional groups attached to an aromatic ring is 1. The van der Waals surface area contributed by atoms with E-state index >= 15 is 0 Å². The van der Waals surface area contributed by atoms with Gasteiger partial charge in [-0.25, -0.2) is 8.42 Å². The summed E-state index contributed by atoms with van der Waals surface area (Å²) in [6, 6.07) is 16.7. The van der Waals surface area contributed by atoms with Gasteiger partial charge in [0, 0.05) is 23.2 Å². The van der Waals surface area contributed by atoms with Crippen LogP contribution in [0.5, 0.6) is 0 Å². The van der Waals surface area contributed by atoms with Crippen LogP contribution in [0, 0.1) is 6.92 Å². The minimum absolute atomic E-state index is 0.318. The topological polar surface area (TPSA) is 76.0 Å². The third kappa shape index (κ3) is 3.14. The largest absolute Gasteiger partial charge is 0.399 e. The normalized spacial score (nSPS) is 11.6. The number of sulfone groups is 1. The summed E-state index contributed by atoms with van der Waals surface area (Å²) in [6.07, 6.45) is 1.21. The Labute approximate surface area is 135 Å². The molecule has 0 aliphatic carbocycles. The van der Waals surface area contributed by atoms with Gasteiger partial charge >= 0.3 is 0 Å². The lowest BCUT2D eigenvalue weighted by atomic mass is 10.0. The van der Waals surface area contributed by atoms with Crippen LogP contribution in [0.25, 0.3) is 22.4 Å². The summed E-state index contributed by atoms with van der Waals surface area (Å²) < 4.78 is 23.2. The predicted octanol–water partition coefficient (Wildman–Crippen LogP) is 3.64. The zero-order chi connectivity index (χ0) is 16.6. The van der Waals surface area contributed by atoms with Crippen molar-refractivity contribution in [3.05, 3.63) is 60.3 Å². The number of nitrogens with one attached hydrogen (secondary N) is 1. The lowest BCUT2D eigenvalue weighted by Crippen LogP contribution is -1.96. The van der Waals surface area contributed by atoms with Crippen LogP contribution < -0.4 is 5.73 Å². The fourth-order valence-corrected chi connectivity index (χ4v) is 3.21. The molecule has 0 unspecified atom stereocenters. The summed E-state index contributed by atoms with van der Waals surface area (Å²) in [5.74, 6) is 0. The molecule has 118 valence electrons. The number of nitrogens with two attached hydrogens (primary N) is 1. The summed E-state index contributed by atoms with van der Waals surface area (Å²) in [5.41, 5.74) is 11.5. The van der Waals surface area contributed by atoms with Crippen molar-refractivity contribution in [1.29, 1.82) is 0 Å². The smallest absolute Gasteiger partial charge is 0.175 e. The van der Waals surface area contributed by atoms with E-state index in [2.05, 4.69) is 11.1 Å². The van der Waals surface area contributed by atoms with Gasteiger partial charge in [0.05, 0.1) is 10.6 Å². The molecule has 5 heteroatoms. The first-order valence-corrected chi connectivity index (χ1v) is 9.10. The summed E-state index contributed by atoms with van der Waals surface area (Å²) in [4.78, 5) is 3.67. The Morgan fingerprint density at radius 1 is 0.913 bits per heavy atom. The maximum Gasteiger partial charge on any atom is 0.175 e. The first kappa shape index (κ1) is 15.4. The van der Waals surface area contributed by atoms with Crippen LogP contribution in [0.1, 0.15) is 5.69 Å². The average Bonchev–Trinajstić information content (AvgIpc) is 2.89. The minimum Gasteiger partial charge on any atom is -0.399 e. The molecule has 1 aromatic heterocycles. The molecular formula is C18H18N2O2S. The maximum absolute atomic E-state index is 11.6. The fraction of sp³-hybridized carbons (Fsp3) is 0.111. The Morgan fingerprint density at radius 3 is 2.04 bits per heavy atom. The molecule has 3 aromatic rings. The highest BCUT2D eigenvalue weighted by Crippen LogP contribution is 2.33. The summed E-state index contributed by atoms with van der Waals surface area (Å²) in [5, 5.41) is 0. The molecule has 3 N–H and O–H groups in total. The zero-order valence-corrected chi connectivity index (χ0v) is 13.8. The highest BCUT2D eigenvalue weighted by atomic mass is 32.2. The molecule has 0 saturated heterocycles. The van der Waals surface area contributed by atoms with E-state index in [1.807, 2.05) is 43.3 Å². The van der Waals surface area contributed by atoms with Gasteiger partial charge in [0.1, 0.15) is 0 Å². The van der Waals surface area contributed by atoms with Gasteiger partial charge in [-0.15, -0.1) is 0 Å². The molecule has 0 fully saturated rings. The molecule has 2 aromatic carbocycles. The molecule has 0 amide bonds. The molecule has 0 bridgehead atoms. The number of aromatic nitrogens is 1. The number of rotatable bonds is 3. The van der Waals surface area contributed by atoms with E-state index < -0.39 is 9.84 Å². The van der Waals surface area contributed by atoms with Crippen molar-refractivity contribution in [3.8, 4) is 22.4 Å². The van der Waals surface area contributed by atoms with Crippen molar-refractivity contribution in [1.82, 2.24) is 4.98 Å². The van der Waals surface area contributed by atoms with E-state index in [-0.39, 0.29) is 0 Å². The zero-order valence-electron chi connectivity index (χ0n) is 13.0. The second kappa shape index (κ2) is 5.59. The predicted molar refractivity (Wildman–Crippen MR) is 93.9 cm³/mol. The van der Waals surface area contributed by atoms with Gasteiger partial charge in [0.2, 0.25) is 0 Å². The van der Waals surface area contributed by atoms with E-state index in [9.17, 15) is 8.42 Å². The Morgan fingerprint density at radius 2 is 1.48 bits per heavy atom. The Balaban J connectivity index is 2.09. The first-order chi connectivity index (χ1) is 10.8. The molecule has 0 aliphatic heterocycles. The molecule has 4 nitrogen and oxygen atoms in total. The number of anilines is 1. The van der Waals surface area contributed by atoms with Crippen LogP contribution in [0.15, 0.2) is 59.5 Å². The van der Waals surface area contributed by atoms with Gasteiger partial charge in [-0.2, -0.15) is 0 Å². The number of aromatic amines is 1. The molecule has 0 spiro atoms. The SMILES string of the molecule is Cc1cc(-c2ccc(N)cc2)c(-c2ccc(S(C)(=O)=O)cc2)[nH]1. The number of aryl methyl sites for hydroxylation is 1. The van der Waals surface area contributed by atoms with Crippen molar-refractivity contribution in [3.63, 3.8) is 0 Å². The van der Waals surface area contributed by atoms with Crippen LogP contribution in [-0.2, 0) is 9.84 Å². The van der Waals surface area contributed by atoms with Crippen LogP contribution in [0.4, 0.5) is 5.69 Å². The van der Waals surface area contributed by atoms with Gasteiger partial charge < -0.3 is 10.7 Å². The molecule has 1 heterocycles. The second-order valence-electron chi connectivity index (χ2n) is 5.66. The van der Waals surface area contributed by atoms with Gasteiger partial charge in [-0.1, -0.05) is 24.3 Å². The van der Waals surface area contributed by atoms with Crippen molar-refractivity contribution in [2.75, 3.05) is 12.0 Å². The number of benzene rings is 2. The summed E-state index contributed by atoms with van der Waals surface area (Å²) >= 11 is 0. The van der Waals surface area contributed by atoms with Crippen molar-refractivity contribution in [2.45, 2.75) is 11.8 Å². The Hall–Kier alpha value is -2.53. The molecule has 0 radical (unpaired) electrons. The average molecular weight is 326 g/mol. The molecular weight excluding hydrogens is 308 g/mol. The molecule has 0 saturated carbocycles. The monoisotopic (exact) mass is 326 g/mol. The Bertz CT molecular complexity index is 938. The fourth-order valence-electron chi connectivity index (χ4n) is 2.58. The van der Waals surface area contributed by atoms with Gasteiger partial charge in [0.15, 0.2) is 9.84 Å². The molecule has 0 atom stereocenters. The molecule has 0 aliphatic rings. The highest BCUT2D eigenvalue weighted by molar-refractivity contribution is 7.90. The maximum atomic E-state index is 11.6. The summed E-state index contributed by atoms with van der Waals surface area (Å²) in [6.45, 7) is 2.00. The lowest BCUT2D eigenvalue weighted by molar-refractivity contribution is 0.602. The van der Waals surface area contributed by atoms with E-state index in [1.54, 1.807) is 12.1 Å². The van der Waals surface area contributed by atoms with E-state index in [0.717, 1.165) is 33.8 Å². The van der Waals surface area contributed by atoms with E-state index in [4.69, 9.17) is 5.73 Å². The van der Waals surface area contributed by atoms with Crippen LogP contribution in [0.2, 0.25) is 0 Å². The molecule has 23 heavy (non-hydrogen) atoms. The second-order valence-corrected chi connectivity index (χ2v) is 7.68. The van der Waals surface area contributed by atoms with Crippen LogP contribution in [0.3, 0.4) is 0 Å². The molecule has 3 rings (SSSR count). The van der Waals surface area contributed by atoms with Crippen molar-refractivity contribution in [2.24, 2.45) is 0 Å². The van der Waals surface area contributed by atoms with E-state index in [1.165, 1.54) is 6.26 Å². The third-order valence-electron chi connectivity index (χ3n) is 3.75. The van der Waals surface area contributed by atoms with E-state index in [0.29, 0.717) is 4.90 Å².